The lowest BCUT2D eigenvalue weighted by molar-refractivity contribution is -0.136. The molecule has 3 aromatic heterocycles. The molecule has 1 amide bonds. The van der Waals surface area contributed by atoms with E-state index in [1.807, 2.05) is 0 Å². The second kappa shape index (κ2) is 8.76. The summed E-state index contributed by atoms with van der Waals surface area (Å²) < 4.78 is 70.6. The van der Waals surface area contributed by atoms with Gasteiger partial charge in [-0.05, 0) is 48.2 Å². The highest BCUT2D eigenvalue weighted by Gasteiger charge is 2.37. The number of halogens is 5. The number of likely N-dealkylation sites (tertiary alicyclic amines) is 1. The molecular formula is C27H18F5N5O2. The van der Waals surface area contributed by atoms with Crippen LogP contribution in [0, 0.1) is 17.1 Å². The van der Waals surface area contributed by atoms with Crippen LogP contribution in [0.25, 0.3) is 27.8 Å². The van der Waals surface area contributed by atoms with Crippen LogP contribution in [0.4, 0.5) is 22.0 Å². The van der Waals surface area contributed by atoms with Crippen LogP contribution in [0.15, 0.2) is 47.5 Å². The molecular weight excluding hydrogens is 521 g/mol. The van der Waals surface area contributed by atoms with Crippen LogP contribution in [0.2, 0.25) is 0 Å². The number of hydrogen-bond acceptors (Lipinski definition) is 4. The van der Waals surface area contributed by atoms with Crippen molar-refractivity contribution in [2.75, 3.05) is 13.1 Å². The van der Waals surface area contributed by atoms with E-state index in [0.29, 0.717) is 17.5 Å². The minimum atomic E-state index is -4.89. The molecule has 39 heavy (non-hydrogen) atoms. The zero-order valence-corrected chi connectivity index (χ0v) is 20.0. The van der Waals surface area contributed by atoms with Crippen LogP contribution in [0.1, 0.15) is 45.9 Å². The van der Waals surface area contributed by atoms with Crippen molar-refractivity contribution in [3.8, 4) is 23.0 Å². The molecule has 1 aliphatic carbocycles. The number of alkyl halides is 4. The molecule has 1 saturated heterocycles. The van der Waals surface area contributed by atoms with Crippen LogP contribution >= 0.6 is 0 Å². The lowest BCUT2D eigenvalue weighted by atomic mass is 9.96. The van der Waals surface area contributed by atoms with E-state index in [9.17, 15) is 36.8 Å². The highest BCUT2D eigenvalue weighted by Crippen LogP contribution is 2.42. The summed E-state index contributed by atoms with van der Waals surface area (Å²) in [6.45, 7) is -0.250. The summed E-state index contributed by atoms with van der Waals surface area (Å²) in [5, 5.41) is 8.76. The van der Waals surface area contributed by atoms with Gasteiger partial charge in [0.2, 0.25) is 0 Å². The first-order chi connectivity index (χ1) is 18.5. The van der Waals surface area contributed by atoms with Crippen LogP contribution in [-0.2, 0) is 6.18 Å². The van der Waals surface area contributed by atoms with Gasteiger partial charge in [0.05, 0.1) is 29.8 Å². The van der Waals surface area contributed by atoms with E-state index >= 15 is 0 Å². The van der Waals surface area contributed by atoms with Gasteiger partial charge in [0.25, 0.3) is 11.5 Å². The molecule has 0 spiro atoms. The molecule has 0 bridgehead atoms. The molecule has 7 nitrogen and oxygen atoms in total. The van der Waals surface area contributed by atoms with Crippen LogP contribution in [0.3, 0.4) is 0 Å². The number of aromatic amines is 1. The van der Waals surface area contributed by atoms with Gasteiger partial charge >= 0.3 is 6.18 Å². The molecule has 0 unspecified atom stereocenters. The number of nitrogens with zero attached hydrogens (tertiary/aromatic N) is 4. The summed E-state index contributed by atoms with van der Waals surface area (Å²) in [6, 6.07) is 8.22. The third-order valence-electron chi connectivity index (χ3n) is 6.99. The molecule has 1 aromatic carbocycles. The maximum Gasteiger partial charge on any atom is 0.418 e. The Labute approximate surface area is 217 Å². The smallest absolute Gasteiger partial charge is 0.355 e. The number of rotatable bonds is 4. The Morgan fingerprint density at radius 2 is 1.90 bits per heavy atom. The van der Waals surface area contributed by atoms with Crippen molar-refractivity contribution >= 4 is 16.8 Å². The van der Waals surface area contributed by atoms with Crippen molar-refractivity contribution in [2.45, 2.75) is 31.1 Å². The first-order valence-corrected chi connectivity index (χ1v) is 12.0. The van der Waals surface area contributed by atoms with Crippen LogP contribution in [-0.4, -0.2) is 44.6 Å². The van der Waals surface area contributed by atoms with E-state index in [-0.39, 0.29) is 41.5 Å². The predicted octanol–water partition coefficient (Wildman–Crippen LogP) is 5.08. The van der Waals surface area contributed by atoms with Gasteiger partial charge in [-0.25, -0.2) is 13.8 Å². The fourth-order valence-electron chi connectivity index (χ4n) is 4.83. The zero-order valence-electron chi connectivity index (χ0n) is 20.0. The molecule has 0 atom stereocenters. The number of carbonyl (C=O) groups is 1. The molecule has 2 fully saturated rings. The first kappa shape index (κ1) is 24.8. The topological polar surface area (TPSA) is 94.8 Å². The normalized spacial score (nSPS) is 15.8. The van der Waals surface area contributed by atoms with E-state index in [4.69, 9.17) is 0 Å². The van der Waals surface area contributed by atoms with Gasteiger partial charge in [0.1, 0.15) is 29.4 Å². The van der Waals surface area contributed by atoms with E-state index in [1.165, 1.54) is 17.0 Å². The molecule has 2 aliphatic rings. The van der Waals surface area contributed by atoms with Crippen molar-refractivity contribution in [1.82, 2.24) is 19.4 Å². The number of fused-ring (bicyclic) bond motifs is 1. The van der Waals surface area contributed by atoms with Gasteiger partial charge in [-0.2, -0.15) is 18.4 Å². The number of benzene rings is 1. The van der Waals surface area contributed by atoms with Crippen LogP contribution < -0.4 is 5.56 Å². The van der Waals surface area contributed by atoms with E-state index in [0.717, 1.165) is 35.7 Å². The Balaban J connectivity index is 1.57. The molecule has 6 rings (SSSR count). The van der Waals surface area contributed by atoms with Crippen LogP contribution in [0.5, 0.6) is 0 Å². The number of pyridine rings is 2. The number of nitrogens with one attached hydrogen (secondary N) is 1. The molecule has 1 N–H and O–H groups in total. The second-order valence-corrected chi connectivity index (χ2v) is 9.69. The van der Waals surface area contributed by atoms with E-state index in [1.54, 1.807) is 12.1 Å². The number of hydrogen-bond donors (Lipinski definition) is 1. The van der Waals surface area contributed by atoms with Gasteiger partial charge in [-0.15, -0.1) is 0 Å². The summed E-state index contributed by atoms with van der Waals surface area (Å²) >= 11 is 0. The molecule has 198 valence electrons. The fraction of sp³-hybridized carbons (Fsp3) is 0.259. The third kappa shape index (κ3) is 4.24. The van der Waals surface area contributed by atoms with Gasteiger partial charge in [0, 0.05) is 29.4 Å². The van der Waals surface area contributed by atoms with Crippen molar-refractivity contribution in [3.63, 3.8) is 0 Å². The predicted molar refractivity (Wildman–Crippen MR) is 130 cm³/mol. The van der Waals surface area contributed by atoms with Gasteiger partial charge < -0.3 is 9.88 Å². The molecule has 0 radical (unpaired) electrons. The largest absolute Gasteiger partial charge is 0.418 e. The Morgan fingerprint density at radius 1 is 1.15 bits per heavy atom. The number of aromatic nitrogens is 3. The number of carbonyl (C=O) groups excluding carboxylic acids is 1. The summed E-state index contributed by atoms with van der Waals surface area (Å²) in [5.41, 5.74) is -1.69. The Kier molecular flexibility index (Phi) is 5.57. The molecule has 12 heteroatoms. The Morgan fingerprint density at radius 3 is 2.54 bits per heavy atom. The fourth-order valence-corrected chi connectivity index (χ4v) is 4.83. The average molecular weight is 539 g/mol. The quantitative estimate of drug-likeness (QED) is 0.366. The standard InChI is InChI=1S/C27H18F5N5O2/c28-16-3-4-18(19(7-16)25(38)36-10-17(29)11-36)14-5-21(13-1-2-13)35-22(6-14)37-12-20(27(30,31)32)23-15(8-33)9-34-24(23)26(37)39/h3-7,9,12-13,17,34H,1-2,10-11H2. The highest BCUT2D eigenvalue weighted by molar-refractivity contribution is 6.01. The third-order valence-corrected chi connectivity index (χ3v) is 6.99. The average Bonchev–Trinajstić information content (AvgIpc) is 3.64. The second-order valence-electron chi connectivity index (χ2n) is 9.69. The summed E-state index contributed by atoms with van der Waals surface area (Å²) in [5.74, 6) is -1.40. The summed E-state index contributed by atoms with van der Waals surface area (Å²) in [7, 11) is 0. The van der Waals surface area contributed by atoms with E-state index in [2.05, 4.69) is 9.97 Å². The molecule has 4 aromatic rings. The van der Waals surface area contributed by atoms with Crippen molar-refractivity contribution in [2.24, 2.45) is 0 Å². The summed E-state index contributed by atoms with van der Waals surface area (Å²) in [6.07, 6.45) is -2.85. The first-order valence-electron chi connectivity index (χ1n) is 12.0. The Bertz CT molecular complexity index is 1760. The summed E-state index contributed by atoms with van der Waals surface area (Å²) in [4.78, 5) is 34.6. The molecule has 1 aliphatic heterocycles. The maximum atomic E-state index is 14.2. The number of nitriles is 1. The van der Waals surface area contributed by atoms with Crippen molar-refractivity contribution < 1.29 is 26.7 Å². The SMILES string of the molecule is N#Cc1c[nH]c2c(=O)n(-c3cc(-c4ccc(F)cc4C(=O)N4CC(F)C4)cc(C4CC4)n3)cc(C(F)(F)F)c12. The molecule has 1 saturated carbocycles. The highest BCUT2D eigenvalue weighted by atomic mass is 19.4. The van der Waals surface area contributed by atoms with Gasteiger partial charge in [-0.3, -0.25) is 14.2 Å². The van der Waals surface area contributed by atoms with E-state index < -0.39 is 46.1 Å². The minimum Gasteiger partial charge on any atom is -0.355 e. The number of amides is 1. The lowest BCUT2D eigenvalue weighted by Crippen LogP contribution is -2.51. The Hall–Kier alpha value is -4.53. The van der Waals surface area contributed by atoms with Crippen molar-refractivity contribution in [1.29, 1.82) is 5.26 Å². The lowest BCUT2D eigenvalue weighted by Gasteiger charge is -2.34. The molecule has 4 heterocycles. The monoisotopic (exact) mass is 539 g/mol. The van der Waals surface area contributed by atoms with Crippen molar-refractivity contribution in [3.05, 3.63) is 81.3 Å². The zero-order chi connectivity index (χ0) is 27.6. The van der Waals surface area contributed by atoms with Gasteiger partial charge in [-0.1, -0.05) is 6.07 Å². The van der Waals surface area contributed by atoms with Gasteiger partial charge in [0.15, 0.2) is 0 Å². The number of H-pyrrole nitrogens is 1. The maximum absolute atomic E-state index is 14.2. The minimum absolute atomic E-state index is 0.00294.